The second-order valence-electron chi connectivity index (χ2n) is 29.9. The Morgan fingerprint density at radius 3 is 1.02 bits per heavy atom. The summed E-state index contributed by atoms with van der Waals surface area (Å²) in [4.78, 5) is 13.5. The van der Waals surface area contributed by atoms with Gasteiger partial charge in [-0.2, -0.15) is 0 Å². The monoisotopic (exact) mass is 1440 g/mol. The molecule has 0 aromatic rings. The molecule has 3 aliphatic rings. The molecule has 594 valence electrons. The van der Waals surface area contributed by atoms with Gasteiger partial charge in [-0.15, -0.1) is 0 Å². The van der Waals surface area contributed by atoms with Crippen LogP contribution < -0.4 is 5.32 Å². The third kappa shape index (κ3) is 43.0. The highest BCUT2D eigenvalue weighted by molar-refractivity contribution is 5.76. The van der Waals surface area contributed by atoms with E-state index >= 15 is 0 Å². The Morgan fingerprint density at radius 2 is 0.653 bits per heavy atom. The van der Waals surface area contributed by atoms with Crippen molar-refractivity contribution in [3.63, 3.8) is 0 Å². The van der Waals surface area contributed by atoms with Gasteiger partial charge in [0.05, 0.1) is 38.6 Å². The molecule has 3 rings (SSSR count). The van der Waals surface area contributed by atoms with Gasteiger partial charge in [-0.05, 0) is 51.4 Å². The lowest BCUT2D eigenvalue weighted by Gasteiger charge is -2.48. The van der Waals surface area contributed by atoms with E-state index < -0.39 is 124 Å². The molecule has 0 saturated carbocycles. The van der Waals surface area contributed by atoms with Crippen molar-refractivity contribution in [2.75, 3.05) is 26.4 Å². The molecule has 0 radical (unpaired) electrons. The summed E-state index contributed by atoms with van der Waals surface area (Å²) in [6.07, 6.45) is 50.9. The Hall–Kier alpha value is -1.99. The summed E-state index contributed by atoms with van der Waals surface area (Å²) in [6, 6.07) is -0.888. The fraction of sp³-hybridized carbons (Fsp3) is 0.915. The van der Waals surface area contributed by atoms with Crippen LogP contribution in [0.4, 0.5) is 0 Å². The van der Waals surface area contributed by atoms with Gasteiger partial charge >= 0.3 is 0 Å². The third-order valence-corrected chi connectivity index (χ3v) is 21.0. The summed E-state index contributed by atoms with van der Waals surface area (Å²) in [6.45, 7) is 1.84. The van der Waals surface area contributed by atoms with E-state index in [-0.39, 0.29) is 18.9 Å². The van der Waals surface area contributed by atoms with Crippen LogP contribution in [0.25, 0.3) is 0 Å². The zero-order valence-corrected chi connectivity index (χ0v) is 63.7. The summed E-state index contributed by atoms with van der Waals surface area (Å²) in [5.41, 5.74) is 0. The maximum atomic E-state index is 13.5. The minimum Gasteiger partial charge on any atom is -0.394 e. The molecule has 0 bridgehead atoms. The number of aliphatic hydroxyl groups excluding tert-OH is 11. The molecule has 101 heavy (non-hydrogen) atoms. The zero-order chi connectivity index (χ0) is 73.2. The third-order valence-electron chi connectivity index (χ3n) is 21.0. The van der Waals surface area contributed by atoms with Crippen LogP contribution >= 0.6 is 0 Å². The highest BCUT2D eigenvalue weighted by Crippen LogP contribution is 2.33. The van der Waals surface area contributed by atoms with E-state index in [9.17, 15) is 61.0 Å². The average molecular weight is 1440 g/mol. The molecular weight excluding hydrogens is 1290 g/mol. The Balaban J connectivity index is 1.34. The molecule has 0 aromatic heterocycles. The van der Waals surface area contributed by atoms with Crippen LogP contribution in [-0.4, -0.2) is 193 Å². The van der Waals surface area contributed by atoms with Crippen molar-refractivity contribution in [1.82, 2.24) is 5.32 Å². The van der Waals surface area contributed by atoms with Crippen LogP contribution in [0, 0.1) is 0 Å². The molecule has 0 aliphatic carbocycles. The first-order valence-electron chi connectivity index (χ1n) is 41.7. The highest BCUT2D eigenvalue weighted by Gasteiger charge is 2.54. The van der Waals surface area contributed by atoms with Gasteiger partial charge in [0, 0.05) is 6.42 Å². The average Bonchev–Trinajstić information content (AvgIpc) is 0.783. The van der Waals surface area contributed by atoms with Crippen molar-refractivity contribution < 1.29 is 89.4 Å². The second kappa shape index (κ2) is 63.0. The van der Waals surface area contributed by atoms with Crippen LogP contribution in [0.5, 0.6) is 0 Å². The standard InChI is InChI=1S/C82H153NO18/c1-3-5-7-9-11-13-15-17-19-21-23-25-27-28-29-30-31-32-33-34-35-36-38-40-42-44-46-48-50-52-54-56-58-60-70(88)83-65(66(87)59-57-55-53-51-49-47-45-43-41-39-37-26-24-22-20-18-16-14-12-10-8-6-4-2)64-96-80-76(94)73(91)78(68(62-85)98-80)101-82-77(95)74(92)79(69(63-86)99-82)100-81-75(93)72(90)71(89)67(61-84)97-81/h15,17,21,23,27-28,65-69,71-82,84-87,89-95H,3-14,16,18-20,22,24-26,29-64H2,1-2H3,(H,83,88)/b17-15-,23-21-,28-27-. The van der Waals surface area contributed by atoms with Crippen molar-refractivity contribution in [1.29, 1.82) is 0 Å². The molecule has 19 nitrogen and oxygen atoms in total. The zero-order valence-electron chi connectivity index (χ0n) is 63.7. The lowest BCUT2D eigenvalue weighted by Crippen LogP contribution is -2.66. The van der Waals surface area contributed by atoms with Gasteiger partial charge in [-0.25, -0.2) is 0 Å². The number of hydrogen-bond donors (Lipinski definition) is 12. The van der Waals surface area contributed by atoms with E-state index in [2.05, 4.69) is 55.6 Å². The van der Waals surface area contributed by atoms with E-state index in [1.54, 1.807) is 0 Å². The van der Waals surface area contributed by atoms with Crippen LogP contribution in [0.3, 0.4) is 0 Å². The van der Waals surface area contributed by atoms with Gasteiger partial charge < -0.3 is 89.9 Å². The highest BCUT2D eigenvalue weighted by atomic mass is 16.8. The number of carbonyl (C=O) groups is 1. The lowest BCUT2D eigenvalue weighted by atomic mass is 9.96. The first-order chi connectivity index (χ1) is 49.3. The van der Waals surface area contributed by atoms with Gasteiger partial charge in [0.15, 0.2) is 18.9 Å². The summed E-state index contributed by atoms with van der Waals surface area (Å²) in [5.74, 6) is -0.236. The predicted molar refractivity (Wildman–Crippen MR) is 402 cm³/mol. The number of hydrogen-bond acceptors (Lipinski definition) is 18. The normalized spacial score (nSPS) is 26.4. The van der Waals surface area contributed by atoms with Crippen molar-refractivity contribution in [3.8, 4) is 0 Å². The fourth-order valence-electron chi connectivity index (χ4n) is 14.3. The predicted octanol–water partition coefficient (Wildman–Crippen LogP) is 14.3. The molecular formula is C82H153NO18. The van der Waals surface area contributed by atoms with E-state index in [1.807, 2.05) is 0 Å². The van der Waals surface area contributed by atoms with Gasteiger partial charge in [-0.1, -0.05) is 326 Å². The molecule has 19 heteroatoms. The molecule has 0 spiro atoms. The second-order valence-corrected chi connectivity index (χ2v) is 29.9. The minimum absolute atomic E-state index is 0.236. The number of ether oxygens (including phenoxy) is 6. The smallest absolute Gasteiger partial charge is 0.220 e. The molecule has 3 fully saturated rings. The van der Waals surface area contributed by atoms with Crippen LogP contribution in [0.15, 0.2) is 36.5 Å². The Kier molecular flexibility index (Phi) is 58.1. The lowest BCUT2D eigenvalue weighted by molar-refractivity contribution is -0.379. The van der Waals surface area contributed by atoms with Crippen molar-refractivity contribution >= 4 is 5.91 Å². The van der Waals surface area contributed by atoms with Gasteiger partial charge in [0.1, 0.15) is 73.2 Å². The molecule has 3 aliphatic heterocycles. The number of amides is 1. The summed E-state index contributed by atoms with van der Waals surface area (Å²) in [5, 5.41) is 121. The minimum atomic E-state index is -1.97. The van der Waals surface area contributed by atoms with Crippen molar-refractivity contribution in [3.05, 3.63) is 36.5 Å². The maximum Gasteiger partial charge on any atom is 0.220 e. The van der Waals surface area contributed by atoms with E-state index in [4.69, 9.17) is 28.4 Å². The van der Waals surface area contributed by atoms with Gasteiger partial charge in [-0.3, -0.25) is 4.79 Å². The van der Waals surface area contributed by atoms with Crippen LogP contribution in [0.2, 0.25) is 0 Å². The molecule has 3 heterocycles. The van der Waals surface area contributed by atoms with Crippen LogP contribution in [-0.2, 0) is 33.2 Å². The Bertz CT molecular complexity index is 1960. The first-order valence-corrected chi connectivity index (χ1v) is 41.7. The largest absolute Gasteiger partial charge is 0.394 e. The quantitative estimate of drug-likeness (QED) is 0.0199. The Morgan fingerprint density at radius 1 is 0.356 bits per heavy atom. The SMILES string of the molecule is CCCCCCC/C=C\C/C=C\C/C=C\CCCCCCCCCCCCCCCCCCCCC(=O)NC(COC1OC(CO)C(OC2OC(CO)C(OC3OC(CO)C(O)C(O)C3O)C(O)C2O)C(O)C1O)C(O)CCCCCCCCCCCCCCCCCCCCCCCCC. The van der Waals surface area contributed by atoms with Gasteiger partial charge in [0.25, 0.3) is 0 Å². The number of rotatable bonds is 67. The number of unbranched alkanes of at least 4 members (excludes halogenated alkanes) is 45. The number of allylic oxidation sites excluding steroid dienone is 6. The molecule has 17 atom stereocenters. The van der Waals surface area contributed by atoms with Crippen LogP contribution in [0.1, 0.15) is 348 Å². The maximum absolute atomic E-state index is 13.5. The van der Waals surface area contributed by atoms with E-state index in [0.717, 1.165) is 57.8 Å². The van der Waals surface area contributed by atoms with E-state index in [0.29, 0.717) is 12.8 Å². The topological polar surface area (TPSA) is 307 Å². The number of carbonyl (C=O) groups excluding carboxylic acids is 1. The number of nitrogens with one attached hydrogen (secondary N) is 1. The number of aliphatic hydroxyl groups is 11. The summed E-state index contributed by atoms with van der Waals surface area (Å²) >= 11 is 0. The van der Waals surface area contributed by atoms with Gasteiger partial charge in [0.2, 0.25) is 5.91 Å². The molecule has 3 saturated heterocycles. The summed E-state index contributed by atoms with van der Waals surface area (Å²) in [7, 11) is 0. The first kappa shape index (κ1) is 93.2. The van der Waals surface area contributed by atoms with E-state index in [1.165, 1.54) is 257 Å². The summed E-state index contributed by atoms with van der Waals surface area (Å²) < 4.78 is 34.6. The molecule has 1 amide bonds. The van der Waals surface area contributed by atoms with Crippen molar-refractivity contribution in [2.24, 2.45) is 0 Å². The molecule has 12 N–H and O–H groups in total. The fourth-order valence-corrected chi connectivity index (χ4v) is 14.3. The molecule has 0 aromatic carbocycles. The Labute approximate surface area is 612 Å². The molecule has 17 unspecified atom stereocenters. The van der Waals surface area contributed by atoms with Crippen molar-refractivity contribution in [2.45, 2.75) is 452 Å².